The zero-order valence-corrected chi connectivity index (χ0v) is 25.1. The van der Waals surface area contributed by atoms with E-state index in [0.717, 1.165) is 16.2 Å². The molecule has 0 spiro atoms. The largest absolute Gasteiger partial charge is 0.489 e. The molecule has 1 aliphatic rings. The molecule has 1 aliphatic heterocycles. The minimum absolute atomic E-state index is 0.0494. The Labute approximate surface area is 266 Å². The molecule has 0 unspecified atom stereocenters. The second-order valence-electron chi connectivity index (χ2n) is 10.8. The Hall–Kier alpha value is -6.07. The van der Waals surface area contributed by atoms with Crippen molar-refractivity contribution in [3.63, 3.8) is 0 Å². The van der Waals surface area contributed by atoms with Crippen molar-refractivity contribution in [2.24, 2.45) is 0 Å². The van der Waals surface area contributed by atoms with Gasteiger partial charge in [0.05, 0.1) is 5.69 Å². The van der Waals surface area contributed by atoms with Crippen molar-refractivity contribution < 1.29 is 18.7 Å². The van der Waals surface area contributed by atoms with E-state index in [2.05, 4.69) is 0 Å². The van der Waals surface area contributed by atoms with Gasteiger partial charge in [-0.1, -0.05) is 78.9 Å². The Kier molecular flexibility index (Phi) is 8.66. The molecule has 1 aromatic heterocycles. The van der Waals surface area contributed by atoms with Crippen molar-refractivity contribution in [3.05, 3.63) is 155 Å². The molecule has 46 heavy (non-hydrogen) atoms. The number of nitrogens with zero attached hydrogens (tertiary/aromatic N) is 4. The van der Waals surface area contributed by atoms with Crippen LogP contribution in [-0.2, 0) is 22.6 Å². The van der Waals surface area contributed by atoms with Crippen LogP contribution in [0.5, 0.6) is 5.75 Å². The first-order valence-electron chi connectivity index (χ1n) is 14.8. The van der Waals surface area contributed by atoms with E-state index in [4.69, 9.17) is 9.84 Å². The van der Waals surface area contributed by atoms with E-state index >= 15 is 0 Å². The van der Waals surface area contributed by atoms with E-state index in [1.54, 1.807) is 41.9 Å². The molecule has 0 bridgehead atoms. The summed E-state index contributed by atoms with van der Waals surface area (Å²) in [4.78, 5) is 28.3. The second kappa shape index (κ2) is 13.3. The molecule has 0 N–H and O–H groups in total. The molecule has 2 amide bonds. The Morgan fingerprint density at radius 2 is 1.61 bits per heavy atom. The van der Waals surface area contributed by atoms with Crippen LogP contribution in [-0.4, -0.2) is 33.0 Å². The number of hydrogen-bond donors (Lipinski definition) is 0. The van der Waals surface area contributed by atoms with E-state index in [0.29, 0.717) is 40.1 Å². The van der Waals surface area contributed by atoms with Crippen molar-refractivity contribution >= 4 is 17.9 Å². The third-order valence-corrected chi connectivity index (χ3v) is 7.82. The molecule has 0 fully saturated rings. The number of nitriles is 1. The fraction of sp³-hybridized carbons (Fsp3) is 0.105. The highest BCUT2D eigenvalue weighted by Gasteiger charge is 2.35. The molecule has 0 saturated heterocycles. The number of ether oxygens (including phenoxy) is 1. The second-order valence-corrected chi connectivity index (χ2v) is 10.8. The molecule has 226 valence electrons. The Morgan fingerprint density at radius 3 is 2.35 bits per heavy atom. The van der Waals surface area contributed by atoms with E-state index < -0.39 is 11.8 Å². The quantitative estimate of drug-likeness (QED) is 0.132. The Morgan fingerprint density at radius 1 is 0.891 bits per heavy atom. The monoisotopic (exact) mass is 608 g/mol. The van der Waals surface area contributed by atoms with Gasteiger partial charge >= 0.3 is 0 Å². The maximum atomic E-state index is 14.2. The van der Waals surface area contributed by atoms with Crippen molar-refractivity contribution in [2.75, 3.05) is 6.54 Å². The number of para-hydroxylation sites is 1. The Bertz CT molecular complexity index is 2020. The van der Waals surface area contributed by atoms with E-state index in [9.17, 15) is 19.2 Å². The third-order valence-electron chi connectivity index (χ3n) is 7.82. The van der Waals surface area contributed by atoms with Crippen LogP contribution in [0.15, 0.2) is 132 Å². The van der Waals surface area contributed by atoms with Crippen LogP contribution in [0.1, 0.15) is 23.6 Å². The van der Waals surface area contributed by atoms with Gasteiger partial charge in [0.15, 0.2) is 0 Å². The van der Waals surface area contributed by atoms with Gasteiger partial charge in [-0.15, -0.1) is 0 Å². The topological polar surface area (TPSA) is 88.2 Å². The van der Waals surface area contributed by atoms with E-state index in [-0.39, 0.29) is 30.1 Å². The van der Waals surface area contributed by atoms with E-state index in [1.807, 2.05) is 91.1 Å². The highest BCUT2D eigenvalue weighted by molar-refractivity contribution is 6.19. The van der Waals surface area contributed by atoms with Crippen molar-refractivity contribution in [3.8, 4) is 28.8 Å². The van der Waals surface area contributed by atoms with Crippen molar-refractivity contribution in [2.45, 2.75) is 20.0 Å². The summed E-state index contributed by atoms with van der Waals surface area (Å²) in [5, 5.41) is 14.8. The number of halogens is 1. The van der Waals surface area contributed by atoms with Gasteiger partial charge in [-0.3, -0.25) is 14.5 Å². The molecule has 6 rings (SSSR count). The molecule has 0 aliphatic carbocycles. The van der Waals surface area contributed by atoms with Crippen molar-refractivity contribution in [1.82, 2.24) is 14.7 Å². The normalized spacial score (nSPS) is 14.1. The summed E-state index contributed by atoms with van der Waals surface area (Å²) in [5.74, 6) is -0.901. The molecule has 0 saturated carbocycles. The van der Waals surface area contributed by atoms with Crippen LogP contribution < -0.4 is 4.74 Å². The third kappa shape index (κ3) is 6.26. The van der Waals surface area contributed by atoms with Gasteiger partial charge in [0.1, 0.15) is 35.5 Å². The average molecular weight is 609 g/mol. The number of aromatic nitrogens is 2. The number of carbonyl (C=O) groups is 2. The lowest BCUT2D eigenvalue weighted by molar-refractivity contribution is -0.140. The lowest BCUT2D eigenvalue weighted by atomic mass is 9.93. The number of hydrogen-bond acceptors (Lipinski definition) is 5. The van der Waals surface area contributed by atoms with Crippen LogP contribution in [0.25, 0.3) is 23.0 Å². The van der Waals surface area contributed by atoms with Crippen LogP contribution in [0, 0.1) is 17.1 Å². The molecule has 2 heterocycles. The highest BCUT2D eigenvalue weighted by Crippen LogP contribution is 2.32. The predicted molar refractivity (Wildman–Crippen MR) is 173 cm³/mol. The molecule has 0 atom stereocenters. The van der Waals surface area contributed by atoms with Crippen LogP contribution >= 0.6 is 0 Å². The van der Waals surface area contributed by atoms with Gasteiger partial charge in [-0.25, -0.2) is 9.07 Å². The molecule has 7 nitrogen and oxygen atoms in total. The SMILES string of the molecule is CC1=C(C#N)C(=O)N(CCc2ccccc2)C(=O)/C1=C/c1cn(-c2ccccc2)nc1-c1cccc(OCc2ccccc2F)c1. The molecular weight excluding hydrogens is 579 g/mol. The average Bonchev–Trinajstić information content (AvgIpc) is 3.51. The van der Waals surface area contributed by atoms with Crippen LogP contribution in [0.4, 0.5) is 4.39 Å². The van der Waals surface area contributed by atoms with Crippen molar-refractivity contribution in [1.29, 1.82) is 5.26 Å². The fourth-order valence-corrected chi connectivity index (χ4v) is 5.31. The zero-order chi connectivity index (χ0) is 32.0. The van der Waals surface area contributed by atoms with Gasteiger partial charge in [0.25, 0.3) is 11.8 Å². The van der Waals surface area contributed by atoms with Gasteiger partial charge < -0.3 is 4.74 Å². The van der Waals surface area contributed by atoms with E-state index in [1.165, 1.54) is 6.07 Å². The smallest absolute Gasteiger partial charge is 0.271 e. The number of rotatable bonds is 9. The van der Waals surface area contributed by atoms with Gasteiger partial charge in [-0.2, -0.15) is 10.4 Å². The molecule has 8 heteroatoms. The van der Waals surface area contributed by atoms with Gasteiger partial charge in [-0.05, 0) is 60.9 Å². The predicted octanol–water partition coefficient (Wildman–Crippen LogP) is 7.09. The summed E-state index contributed by atoms with van der Waals surface area (Å²) in [5.41, 5.74) is 4.56. The summed E-state index contributed by atoms with van der Waals surface area (Å²) in [6.07, 6.45) is 3.95. The standard InChI is InChI=1S/C38H29FN4O3/c1-26-33(37(44)42(38(45)34(26)23-40)20-19-27-11-4-2-5-12-27)22-30-24-43(31-15-6-3-7-16-31)41-36(30)28-14-10-17-32(21-28)46-25-29-13-8-9-18-35(29)39/h2-18,21-22,24H,19-20,25H2,1H3/b33-22+. The minimum Gasteiger partial charge on any atom is -0.489 e. The minimum atomic E-state index is -0.599. The zero-order valence-electron chi connectivity index (χ0n) is 25.1. The maximum Gasteiger partial charge on any atom is 0.271 e. The Balaban J connectivity index is 1.39. The first-order valence-corrected chi connectivity index (χ1v) is 14.8. The van der Waals surface area contributed by atoms with Gasteiger partial charge in [0.2, 0.25) is 0 Å². The lowest BCUT2D eigenvalue weighted by Crippen LogP contribution is -2.43. The van der Waals surface area contributed by atoms with Crippen LogP contribution in [0.3, 0.4) is 0 Å². The first kappa shape index (κ1) is 30.0. The number of amides is 2. The highest BCUT2D eigenvalue weighted by atomic mass is 19.1. The number of imide groups is 1. The first-order chi connectivity index (χ1) is 22.4. The van der Waals surface area contributed by atoms with Crippen LogP contribution in [0.2, 0.25) is 0 Å². The fourth-order valence-electron chi connectivity index (χ4n) is 5.31. The summed E-state index contributed by atoms with van der Waals surface area (Å²) in [7, 11) is 0. The molecule has 5 aromatic rings. The number of carbonyl (C=O) groups excluding carboxylic acids is 2. The van der Waals surface area contributed by atoms with Gasteiger partial charge in [0, 0.05) is 35.0 Å². The summed E-state index contributed by atoms with van der Waals surface area (Å²) in [6.45, 7) is 1.80. The lowest BCUT2D eigenvalue weighted by Gasteiger charge is -2.27. The maximum absolute atomic E-state index is 14.2. The summed E-state index contributed by atoms with van der Waals surface area (Å²) in [6, 6.07) is 34.8. The summed E-state index contributed by atoms with van der Waals surface area (Å²) >= 11 is 0. The number of benzene rings is 4. The summed E-state index contributed by atoms with van der Waals surface area (Å²) < 4.78 is 21.9. The molecule has 4 aromatic carbocycles. The molecule has 0 radical (unpaired) electrons. The molecular formula is C38H29FN4O3.